The van der Waals surface area contributed by atoms with Crippen molar-refractivity contribution in [2.24, 2.45) is 0 Å². The standard InChI is InChI=1S/C13H7ClN2/c14-7-3-5-11-8-10-4-1-2-6-12(10)16-13(11)9-15/h1-2,4,6,8H,7H2. The number of hydrogen-bond acceptors (Lipinski definition) is 2. The number of aromatic nitrogens is 1. The largest absolute Gasteiger partial charge is 0.236 e. The molecule has 0 amide bonds. The highest BCUT2D eigenvalue weighted by atomic mass is 35.5. The molecule has 0 spiro atoms. The molecule has 0 aliphatic carbocycles. The van der Waals surface area contributed by atoms with Gasteiger partial charge >= 0.3 is 0 Å². The van der Waals surface area contributed by atoms with Crippen molar-refractivity contribution in [1.82, 2.24) is 4.98 Å². The highest BCUT2D eigenvalue weighted by Crippen LogP contribution is 2.15. The van der Waals surface area contributed by atoms with Crippen LogP contribution in [0.1, 0.15) is 11.3 Å². The van der Waals surface area contributed by atoms with Gasteiger partial charge in [-0.1, -0.05) is 30.0 Å². The molecule has 0 aliphatic rings. The van der Waals surface area contributed by atoms with Crippen LogP contribution in [0.25, 0.3) is 10.9 Å². The Morgan fingerprint density at radius 3 is 2.88 bits per heavy atom. The van der Waals surface area contributed by atoms with E-state index in [-0.39, 0.29) is 5.88 Å². The molecule has 2 rings (SSSR count). The summed E-state index contributed by atoms with van der Waals surface area (Å²) in [6.07, 6.45) is 0. The van der Waals surface area contributed by atoms with Gasteiger partial charge in [0, 0.05) is 5.39 Å². The van der Waals surface area contributed by atoms with E-state index in [0.29, 0.717) is 11.3 Å². The average molecular weight is 227 g/mol. The van der Waals surface area contributed by atoms with Crippen LogP contribution in [0.15, 0.2) is 30.3 Å². The lowest BCUT2D eigenvalue weighted by molar-refractivity contribution is 1.31. The number of pyridine rings is 1. The van der Waals surface area contributed by atoms with E-state index in [0.717, 1.165) is 10.9 Å². The molecule has 0 radical (unpaired) electrons. The van der Waals surface area contributed by atoms with Gasteiger partial charge in [-0.3, -0.25) is 0 Å². The average Bonchev–Trinajstić information content (AvgIpc) is 2.35. The van der Waals surface area contributed by atoms with Crippen LogP contribution in [-0.2, 0) is 0 Å². The van der Waals surface area contributed by atoms with E-state index in [1.165, 1.54) is 0 Å². The van der Waals surface area contributed by atoms with Gasteiger partial charge in [0.05, 0.1) is 17.0 Å². The van der Waals surface area contributed by atoms with Gasteiger partial charge in [0.15, 0.2) is 5.69 Å². The summed E-state index contributed by atoms with van der Waals surface area (Å²) in [6.45, 7) is 0. The monoisotopic (exact) mass is 226 g/mol. The van der Waals surface area contributed by atoms with Crippen molar-refractivity contribution in [2.45, 2.75) is 0 Å². The van der Waals surface area contributed by atoms with Gasteiger partial charge < -0.3 is 0 Å². The van der Waals surface area contributed by atoms with E-state index >= 15 is 0 Å². The van der Waals surface area contributed by atoms with Crippen molar-refractivity contribution in [3.8, 4) is 17.9 Å². The zero-order valence-corrected chi connectivity index (χ0v) is 9.12. The fourth-order valence-corrected chi connectivity index (χ4v) is 1.49. The predicted octanol–water partition coefficient (Wildman–Crippen LogP) is 2.70. The fourth-order valence-electron chi connectivity index (χ4n) is 1.43. The molecule has 1 heterocycles. The molecule has 0 unspecified atom stereocenters. The molecule has 1 aromatic carbocycles. The van der Waals surface area contributed by atoms with E-state index in [9.17, 15) is 0 Å². The molecule has 0 bridgehead atoms. The van der Waals surface area contributed by atoms with E-state index in [2.05, 4.69) is 16.8 Å². The molecule has 3 heteroatoms. The molecule has 0 saturated heterocycles. The van der Waals surface area contributed by atoms with Gasteiger partial charge in [-0.05, 0) is 12.1 Å². The first-order valence-corrected chi connectivity index (χ1v) is 5.23. The zero-order chi connectivity index (χ0) is 11.4. The minimum atomic E-state index is 0.248. The topological polar surface area (TPSA) is 36.7 Å². The first-order chi connectivity index (χ1) is 7.85. The van der Waals surface area contributed by atoms with E-state index < -0.39 is 0 Å². The SMILES string of the molecule is N#Cc1nc2ccccc2cc1C#CCCl. The highest BCUT2D eigenvalue weighted by molar-refractivity contribution is 6.19. The third-order valence-electron chi connectivity index (χ3n) is 2.12. The Kier molecular flexibility index (Phi) is 3.05. The van der Waals surface area contributed by atoms with Gasteiger partial charge in [0.1, 0.15) is 6.07 Å². The number of halogens is 1. The minimum absolute atomic E-state index is 0.248. The van der Waals surface area contributed by atoms with Crippen LogP contribution in [0.4, 0.5) is 0 Å². The number of hydrogen-bond donors (Lipinski definition) is 0. The summed E-state index contributed by atoms with van der Waals surface area (Å²) in [5, 5.41) is 9.94. The van der Waals surface area contributed by atoms with Crippen molar-refractivity contribution in [3.05, 3.63) is 41.6 Å². The predicted molar refractivity (Wildman–Crippen MR) is 64.1 cm³/mol. The molecule has 16 heavy (non-hydrogen) atoms. The van der Waals surface area contributed by atoms with Crippen LogP contribution in [-0.4, -0.2) is 10.9 Å². The molecule has 2 nitrogen and oxygen atoms in total. The van der Waals surface area contributed by atoms with Crippen LogP contribution in [0.3, 0.4) is 0 Å². The maximum atomic E-state index is 8.96. The van der Waals surface area contributed by atoms with Gasteiger partial charge in [-0.15, -0.1) is 11.6 Å². The molecule has 0 fully saturated rings. The van der Waals surface area contributed by atoms with Crippen molar-refractivity contribution < 1.29 is 0 Å². The smallest absolute Gasteiger partial charge is 0.156 e. The molecular formula is C13H7ClN2. The van der Waals surface area contributed by atoms with Crippen molar-refractivity contribution in [1.29, 1.82) is 5.26 Å². The Hall–Kier alpha value is -2.03. The van der Waals surface area contributed by atoms with Crippen molar-refractivity contribution in [3.63, 3.8) is 0 Å². The van der Waals surface area contributed by atoms with Gasteiger partial charge in [-0.25, -0.2) is 4.98 Å². The van der Waals surface area contributed by atoms with Crippen molar-refractivity contribution in [2.75, 3.05) is 5.88 Å². The quantitative estimate of drug-likeness (QED) is 0.512. The molecule has 0 aliphatic heterocycles. The minimum Gasteiger partial charge on any atom is -0.236 e. The van der Waals surface area contributed by atoms with Crippen LogP contribution in [0.2, 0.25) is 0 Å². The van der Waals surface area contributed by atoms with Crippen LogP contribution in [0, 0.1) is 23.2 Å². The molecule has 0 N–H and O–H groups in total. The number of nitrogens with zero attached hydrogens (tertiary/aromatic N) is 2. The number of fused-ring (bicyclic) bond motifs is 1. The summed E-state index contributed by atoms with van der Waals surface area (Å²) in [4.78, 5) is 4.24. The van der Waals surface area contributed by atoms with Crippen LogP contribution >= 0.6 is 11.6 Å². The second-order valence-corrected chi connectivity index (χ2v) is 3.39. The number of alkyl halides is 1. The summed E-state index contributed by atoms with van der Waals surface area (Å²) >= 11 is 5.49. The summed E-state index contributed by atoms with van der Waals surface area (Å²) in [6, 6.07) is 11.5. The van der Waals surface area contributed by atoms with Crippen LogP contribution in [0.5, 0.6) is 0 Å². The Bertz CT molecular complexity index is 630. The Morgan fingerprint density at radius 1 is 1.31 bits per heavy atom. The summed E-state index contributed by atoms with van der Waals surface area (Å²) in [7, 11) is 0. The first-order valence-electron chi connectivity index (χ1n) is 4.70. The maximum absolute atomic E-state index is 8.96. The van der Waals surface area contributed by atoms with E-state index in [4.69, 9.17) is 16.9 Å². The maximum Gasteiger partial charge on any atom is 0.156 e. The van der Waals surface area contributed by atoms with Gasteiger partial charge in [-0.2, -0.15) is 5.26 Å². The zero-order valence-electron chi connectivity index (χ0n) is 8.37. The molecule has 0 atom stereocenters. The second-order valence-electron chi connectivity index (χ2n) is 3.12. The Morgan fingerprint density at radius 2 is 2.12 bits per heavy atom. The molecule has 2 aromatic rings. The van der Waals surface area contributed by atoms with Gasteiger partial charge in [0.25, 0.3) is 0 Å². The second kappa shape index (κ2) is 4.66. The lowest BCUT2D eigenvalue weighted by Crippen LogP contribution is -1.90. The van der Waals surface area contributed by atoms with Crippen LogP contribution < -0.4 is 0 Å². The number of para-hydroxylation sites is 1. The fraction of sp³-hybridized carbons (Fsp3) is 0.0769. The van der Waals surface area contributed by atoms with Gasteiger partial charge in [0.2, 0.25) is 0 Å². The van der Waals surface area contributed by atoms with E-state index in [1.807, 2.05) is 36.4 Å². The third kappa shape index (κ3) is 1.98. The lowest BCUT2D eigenvalue weighted by atomic mass is 10.1. The summed E-state index contributed by atoms with van der Waals surface area (Å²) in [5.41, 5.74) is 1.77. The molecule has 76 valence electrons. The Labute approximate surface area is 98.5 Å². The number of nitriles is 1. The highest BCUT2D eigenvalue weighted by Gasteiger charge is 2.03. The first kappa shape index (κ1) is 10.5. The molecule has 0 saturated carbocycles. The molecule has 1 aromatic heterocycles. The molecular weight excluding hydrogens is 220 g/mol. The summed E-state index contributed by atoms with van der Waals surface area (Å²) < 4.78 is 0. The normalized spacial score (nSPS) is 9.25. The third-order valence-corrected chi connectivity index (χ3v) is 2.25. The Balaban J connectivity index is 2.69. The number of benzene rings is 1. The number of rotatable bonds is 0. The van der Waals surface area contributed by atoms with Crippen molar-refractivity contribution >= 4 is 22.5 Å². The lowest BCUT2D eigenvalue weighted by Gasteiger charge is -1.99. The van der Waals surface area contributed by atoms with E-state index in [1.54, 1.807) is 0 Å². The summed E-state index contributed by atoms with van der Waals surface area (Å²) in [5.74, 6) is 5.82.